The molecule has 10 rings (SSSR count). The predicted octanol–water partition coefficient (Wildman–Crippen LogP) is 10.1. The molecule has 2 aliphatic rings. The second kappa shape index (κ2) is 10.7. The summed E-state index contributed by atoms with van der Waals surface area (Å²) < 4.78 is 0. The van der Waals surface area contributed by atoms with E-state index in [1.807, 2.05) is 36.9 Å². The summed E-state index contributed by atoms with van der Waals surface area (Å²) in [4.78, 5) is 23.3. The van der Waals surface area contributed by atoms with Crippen molar-refractivity contribution in [2.75, 3.05) is 21.3 Å². The highest BCUT2D eigenvalue weighted by Gasteiger charge is 2.23. The third-order valence-corrected chi connectivity index (χ3v) is 9.73. The molecule has 0 amide bonds. The molecular weight excluding hydrogens is 617 g/mol. The van der Waals surface area contributed by atoms with E-state index in [-0.39, 0.29) is 0 Å². The Kier molecular flexibility index (Phi) is 6.01. The molecule has 8 aromatic rings. The minimum atomic E-state index is 0.467. The normalized spacial score (nSPS) is 13.1. The molecule has 0 bridgehead atoms. The van der Waals surface area contributed by atoms with Gasteiger partial charge in [-0.2, -0.15) is 0 Å². The Bertz CT molecular complexity index is 2530. The smallest absolute Gasteiger partial charge is 0.100 e. The molecule has 4 N–H and O–H groups in total. The summed E-state index contributed by atoms with van der Waals surface area (Å²) in [6.07, 6.45) is 7.13. The Hall–Kier alpha value is -7.06. The minimum Gasteiger partial charge on any atom is -0.396 e. The van der Waals surface area contributed by atoms with Crippen LogP contribution < -0.4 is 21.3 Å². The summed E-state index contributed by atoms with van der Waals surface area (Å²) in [6, 6.07) is 41.5. The van der Waals surface area contributed by atoms with Crippen LogP contribution in [0.25, 0.3) is 54.8 Å². The molecule has 0 saturated heterocycles. The molecule has 7 aromatic carbocycles. The van der Waals surface area contributed by atoms with Gasteiger partial charge in [0.05, 0.1) is 45.2 Å². The van der Waals surface area contributed by atoms with E-state index in [1.54, 1.807) is 12.4 Å². The number of aromatic nitrogens is 2. The summed E-state index contributed by atoms with van der Waals surface area (Å²) in [5.74, 6) is 0. The Morgan fingerprint density at radius 1 is 0.440 bits per heavy atom. The van der Waals surface area contributed by atoms with Gasteiger partial charge >= 0.3 is 0 Å². The van der Waals surface area contributed by atoms with Crippen molar-refractivity contribution in [3.8, 4) is 22.3 Å². The third-order valence-electron chi connectivity index (χ3n) is 9.73. The van der Waals surface area contributed by atoms with Gasteiger partial charge in [0.1, 0.15) is 12.7 Å². The van der Waals surface area contributed by atoms with Crippen molar-refractivity contribution in [3.05, 3.63) is 134 Å². The van der Waals surface area contributed by atoms with Crippen LogP contribution in [-0.4, -0.2) is 22.6 Å². The van der Waals surface area contributed by atoms with Crippen LogP contribution in [0.15, 0.2) is 144 Å². The molecular formula is C42H28N8. The van der Waals surface area contributed by atoms with Gasteiger partial charge < -0.3 is 21.3 Å². The van der Waals surface area contributed by atoms with Gasteiger partial charge in [-0.1, -0.05) is 72.8 Å². The van der Waals surface area contributed by atoms with Gasteiger partial charge in [-0.3, -0.25) is 9.97 Å². The van der Waals surface area contributed by atoms with E-state index in [1.165, 1.54) is 0 Å². The number of nitrogens with zero attached hydrogens (tertiary/aromatic N) is 6. The van der Waals surface area contributed by atoms with Crippen molar-refractivity contribution in [3.63, 3.8) is 0 Å². The lowest BCUT2D eigenvalue weighted by Gasteiger charge is -2.26. The van der Waals surface area contributed by atoms with Gasteiger partial charge in [-0.05, 0) is 70.4 Å². The molecule has 0 atom stereocenters. The molecule has 236 valence electrons. The van der Waals surface area contributed by atoms with Crippen LogP contribution in [0.4, 0.5) is 45.5 Å². The Morgan fingerprint density at radius 2 is 0.840 bits per heavy atom. The van der Waals surface area contributed by atoms with Gasteiger partial charge in [0.15, 0.2) is 0 Å². The minimum absolute atomic E-state index is 0.467. The molecule has 50 heavy (non-hydrogen) atoms. The molecule has 0 saturated carbocycles. The Morgan fingerprint density at radius 3 is 1.26 bits per heavy atom. The van der Waals surface area contributed by atoms with Crippen LogP contribution in [0.2, 0.25) is 0 Å². The quantitative estimate of drug-likeness (QED) is 0.185. The van der Waals surface area contributed by atoms with Crippen LogP contribution in [0.1, 0.15) is 0 Å². The average molecular weight is 645 g/mol. The first-order chi connectivity index (χ1) is 24.6. The lowest BCUT2D eigenvalue weighted by atomic mass is 9.93. The number of rotatable bonds is 4. The van der Waals surface area contributed by atoms with E-state index in [0.717, 1.165) is 77.9 Å². The first kappa shape index (κ1) is 28.0. The second-order valence-corrected chi connectivity index (χ2v) is 12.5. The summed E-state index contributed by atoms with van der Waals surface area (Å²) in [5.41, 5.74) is 25.5. The Balaban J connectivity index is 1.03. The molecule has 8 heteroatoms. The maximum Gasteiger partial charge on any atom is 0.100 e. The van der Waals surface area contributed by atoms with Crippen LogP contribution in [-0.2, 0) is 0 Å². The number of hydrogen-bond donors (Lipinski definition) is 2. The van der Waals surface area contributed by atoms with E-state index in [0.29, 0.717) is 22.4 Å². The fraction of sp³-hybridized carbons (Fsp3) is 0. The van der Waals surface area contributed by atoms with Crippen molar-refractivity contribution < 1.29 is 0 Å². The standard InChI is InChI=1S/C42H28N8/c43-39-37(27-13-17-29(18-14-27)49-23-47-31-9-1-5-25-7-3-11-33(49)35(25)31)41-42(46-22-21-45-41)38(40(39)44)28-15-19-30(20-16-28)50-24-48-32-10-2-6-26-8-4-12-34(50)36(26)32/h1-24H,43-44H2. The number of nitrogens with two attached hydrogens (primary N) is 2. The molecule has 0 spiro atoms. The number of benzene rings is 7. The number of nitrogen functional groups attached to an aromatic ring is 2. The largest absolute Gasteiger partial charge is 0.396 e. The zero-order chi connectivity index (χ0) is 33.3. The highest BCUT2D eigenvalue weighted by Crippen LogP contribution is 2.46. The zero-order valence-corrected chi connectivity index (χ0v) is 26.7. The number of aliphatic imine (C=N–C) groups is 2. The molecule has 0 radical (unpaired) electrons. The number of fused-ring (bicyclic) bond motifs is 1. The van der Waals surface area contributed by atoms with E-state index in [9.17, 15) is 0 Å². The van der Waals surface area contributed by atoms with Gasteiger partial charge in [0.25, 0.3) is 0 Å². The molecule has 8 nitrogen and oxygen atoms in total. The van der Waals surface area contributed by atoms with Crippen molar-refractivity contribution in [2.45, 2.75) is 0 Å². The SMILES string of the molecule is Nc1c(N)c(-c2ccc(N3C=Nc4cccc5cccc3c45)cc2)c2nccnc2c1-c1ccc(N2C=Nc3cccc4cccc2c34)cc1. The summed E-state index contributed by atoms with van der Waals surface area (Å²) in [6.45, 7) is 0. The number of hydrogen-bond acceptors (Lipinski definition) is 8. The van der Waals surface area contributed by atoms with Crippen molar-refractivity contribution in [1.29, 1.82) is 0 Å². The maximum absolute atomic E-state index is 6.89. The van der Waals surface area contributed by atoms with Crippen LogP contribution in [0, 0.1) is 0 Å². The molecule has 0 aliphatic carbocycles. The fourth-order valence-electron chi connectivity index (χ4n) is 7.39. The topological polar surface area (TPSA) is 109 Å². The highest BCUT2D eigenvalue weighted by molar-refractivity contribution is 6.15. The molecule has 0 unspecified atom stereocenters. The van der Waals surface area contributed by atoms with E-state index >= 15 is 0 Å². The molecule has 1 aromatic heterocycles. The lowest BCUT2D eigenvalue weighted by Crippen LogP contribution is -2.16. The van der Waals surface area contributed by atoms with E-state index in [4.69, 9.17) is 31.4 Å². The fourth-order valence-corrected chi connectivity index (χ4v) is 7.39. The first-order valence-corrected chi connectivity index (χ1v) is 16.4. The van der Waals surface area contributed by atoms with Crippen molar-refractivity contribution in [1.82, 2.24) is 9.97 Å². The van der Waals surface area contributed by atoms with Crippen LogP contribution >= 0.6 is 0 Å². The van der Waals surface area contributed by atoms with E-state index < -0.39 is 0 Å². The van der Waals surface area contributed by atoms with Crippen LogP contribution in [0.5, 0.6) is 0 Å². The van der Waals surface area contributed by atoms with Crippen LogP contribution in [0.3, 0.4) is 0 Å². The van der Waals surface area contributed by atoms with Crippen molar-refractivity contribution in [2.24, 2.45) is 9.98 Å². The van der Waals surface area contributed by atoms with Gasteiger partial charge in [-0.15, -0.1) is 0 Å². The molecule has 2 aliphatic heterocycles. The summed E-state index contributed by atoms with van der Waals surface area (Å²) in [7, 11) is 0. The summed E-state index contributed by atoms with van der Waals surface area (Å²) in [5, 5.41) is 4.58. The first-order valence-electron chi connectivity index (χ1n) is 16.4. The third kappa shape index (κ3) is 4.12. The van der Waals surface area contributed by atoms with Gasteiger partial charge in [-0.25, -0.2) is 9.98 Å². The second-order valence-electron chi connectivity index (χ2n) is 12.5. The van der Waals surface area contributed by atoms with Gasteiger partial charge in [0.2, 0.25) is 0 Å². The van der Waals surface area contributed by atoms with Crippen molar-refractivity contribution >= 4 is 90.8 Å². The predicted molar refractivity (Wildman–Crippen MR) is 208 cm³/mol. The zero-order valence-electron chi connectivity index (χ0n) is 26.7. The monoisotopic (exact) mass is 644 g/mol. The number of anilines is 6. The molecule has 0 fully saturated rings. The van der Waals surface area contributed by atoms with E-state index in [2.05, 4.69) is 107 Å². The lowest BCUT2D eigenvalue weighted by molar-refractivity contribution is 1.29. The average Bonchev–Trinajstić information content (AvgIpc) is 3.17. The maximum atomic E-state index is 6.89. The molecule has 3 heterocycles. The summed E-state index contributed by atoms with van der Waals surface area (Å²) >= 11 is 0. The Labute approximate surface area is 287 Å². The van der Waals surface area contributed by atoms with Gasteiger partial charge in [0, 0.05) is 45.7 Å². The highest BCUT2D eigenvalue weighted by atomic mass is 15.2.